The summed E-state index contributed by atoms with van der Waals surface area (Å²) in [5, 5.41) is 3.41. The Morgan fingerprint density at radius 1 is 0.920 bits per heavy atom. The van der Waals surface area contributed by atoms with Gasteiger partial charge in [0.05, 0.1) is 13.2 Å². The van der Waals surface area contributed by atoms with Gasteiger partial charge in [0.25, 0.3) is 0 Å². The van der Waals surface area contributed by atoms with Crippen LogP contribution in [0.25, 0.3) is 0 Å². The predicted octanol–water partition coefficient (Wildman–Crippen LogP) is 4.26. The van der Waals surface area contributed by atoms with Crippen molar-refractivity contribution in [1.29, 1.82) is 0 Å². The first-order valence-corrected chi connectivity index (χ1v) is 8.82. The van der Waals surface area contributed by atoms with Gasteiger partial charge >= 0.3 is 0 Å². The third-order valence-electron chi connectivity index (χ3n) is 3.81. The highest BCUT2D eigenvalue weighted by Crippen LogP contribution is 2.33. The predicted molar refractivity (Wildman–Crippen MR) is 98.2 cm³/mol. The summed E-state index contributed by atoms with van der Waals surface area (Å²) < 4.78 is 22.6. The van der Waals surface area contributed by atoms with Crippen LogP contribution in [0.15, 0.2) is 36.4 Å². The molecule has 2 aromatic rings. The van der Waals surface area contributed by atoms with E-state index in [-0.39, 0.29) is 0 Å². The summed E-state index contributed by atoms with van der Waals surface area (Å²) in [7, 11) is 0. The number of fused-ring (bicyclic) bond motifs is 1. The van der Waals surface area contributed by atoms with Gasteiger partial charge in [-0.2, -0.15) is 0 Å². The van der Waals surface area contributed by atoms with Crippen LogP contribution >= 0.6 is 0 Å². The maximum atomic E-state index is 5.74. The van der Waals surface area contributed by atoms with Gasteiger partial charge in [-0.15, -0.1) is 0 Å². The molecule has 0 fully saturated rings. The van der Waals surface area contributed by atoms with Crippen molar-refractivity contribution >= 4 is 5.69 Å². The minimum atomic E-state index is 0.591. The highest BCUT2D eigenvalue weighted by atomic mass is 16.6. The van der Waals surface area contributed by atoms with E-state index in [9.17, 15) is 0 Å². The van der Waals surface area contributed by atoms with Crippen LogP contribution in [0.2, 0.25) is 0 Å². The molecule has 0 spiro atoms. The van der Waals surface area contributed by atoms with Gasteiger partial charge in [-0.05, 0) is 43.2 Å². The SMILES string of the molecule is CCCOc1ccc(CNc2ccc3c(c2)OCCO3)cc1OCC. The van der Waals surface area contributed by atoms with Crippen molar-refractivity contribution in [3.8, 4) is 23.0 Å². The maximum Gasteiger partial charge on any atom is 0.163 e. The molecule has 0 saturated carbocycles. The van der Waals surface area contributed by atoms with Crippen molar-refractivity contribution in [2.45, 2.75) is 26.8 Å². The molecule has 1 aliphatic rings. The van der Waals surface area contributed by atoms with Crippen molar-refractivity contribution in [2.24, 2.45) is 0 Å². The van der Waals surface area contributed by atoms with Gasteiger partial charge in [-0.25, -0.2) is 0 Å². The number of rotatable bonds is 8. The van der Waals surface area contributed by atoms with E-state index < -0.39 is 0 Å². The summed E-state index contributed by atoms with van der Waals surface area (Å²) in [5.74, 6) is 3.17. The highest BCUT2D eigenvalue weighted by Gasteiger charge is 2.12. The Labute approximate surface area is 148 Å². The summed E-state index contributed by atoms with van der Waals surface area (Å²) in [4.78, 5) is 0. The fourth-order valence-electron chi connectivity index (χ4n) is 2.62. The van der Waals surface area contributed by atoms with Crippen LogP contribution in [0.1, 0.15) is 25.8 Å². The standard InChI is InChI=1S/C20H25NO4/c1-3-9-23-17-7-5-15(12-19(17)22-4-2)14-21-16-6-8-18-20(13-16)25-11-10-24-18/h5-8,12-13,21H,3-4,9-11,14H2,1-2H3. The minimum absolute atomic E-state index is 0.591. The maximum absolute atomic E-state index is 5.74. The number of hydrogen-bond donors (Lipinski definition) is 1. The first-order valence-electron chi connectivity index (χ1n) is 8.82. The van der Waals surface area contributed by atoms with Crippen molar-refractivity contribution in [3.63, 3.8) is 0 Å². The van der Waals surface area contributed by atoms with Crippen LogP contribution < -0.4 is 24.3 Å². The Balaban J connectivity index is 1.67. The van der Waals surface area contributed by atoms with Crippen molar-refractivity contribution in [3.05, 3.63) is 42.0 Å². The smallest absolute Gasteiger partial charge is 0.163 e. The zero-order chi connectivity index (χ0) is 17.5. The number of anilines is 1. The van der Waals surface area contributed by atoms with E-state index >= 15 is 0 Å². The summed E-state index contributed by atoms with van der Waals surface area (Å²) in [6, 6.07) is 12.0. The Bertz CT molecular complexity index is 702. The van der Waals surface area contributed by atoms with E-state index in [1.807, 2.05) is 37.3 Å². The molecular weight excluding hydrogens is 318 g/mol. The van der Waals surface area contributed by atoms with E-state index in [1.165, 1.54) is 0 Å². The zero-order valence-electron chi connectivity index (χ0n) is 14.8. The highest BCUT2D eigenvalue weighted by molar-refractivity contribution is 5.55. The van der Waals surface area contributed by atoms with Crippen molar-refractivity contribution in [1.82, 2.24) is 0 Å². The van der Waals surface area contributed by atoms with Gasteiger partial charge < -0.3 is 24.3 Å². The normalized spacial score (nSPS) is 12.6. The molecule has 2 aromatic carbocycles. The van der Waals surface area contributed by atoms with Crippen LogP contribution in [0.5, 0.6) is 23.0 Å². The Hall–Kier alpha value is -2.56. The average Bonchev–Trinajstić information content (AvgIpc) is 2.65. The number of hydrogen-bond acceptors (Lipinski definition) is 5. The molecule has 1 N–H and O–H groups in total. The molecule has 25 heavy (non-hydrogen) atoms. The molecule has 0 aliphatic carbocycles. The fraction of sp³-hybridized carbons (Fsp3) is 0.400. The van der Waals surface area contributed by atoms with Crippen LogP contribution in [0.3, 0.4) is 0 Å². The molecule has 134 valence electrons. The van der Waals surface area contributed by atoms with Gasteiger partial charge in [-0.3, -0.25) is 0 Å². The first-order chi connectivity index (χ1) is 12.3. The quantitative estimate of drug-likeness (QED) is 0.776. The van der Waals surface area contributed by atoms with Crippen LogP contribution in [-0.4, -0.2) is 26.4 Å². The third-order valence-corrected chi connectivity index (χ3v) is 3.81. The molecule has 0 aromatic heterocycles. The van der Waals surface area contributed by atoms with Crippen molar-refractivity contribution < 1.29 is 18.9 Å². The summed E-state index contributed by atoms with van der Waals surface area (Å²) in [5.41, 5.74) is 2.12. The molecule has 0 atom stereocenters. The summed E-state index contributed by atoms with van der Waals surface area (Å²) in [6.07, 6.45) is 0.971. The molecule has 1 aliphatic heterocycles. The van der Waals surface area contributed by atoms with Gasteiger partial charge in [0, 0.05) is 18.3 Å². The van der Waals surface area contributed by atoms with E-state index in [0.717, 1.165) is 40.7 Å². The summed E-state index contributed by atoms with van der Waals surface area (Å²) in [6.45, 7) is 7.25. The molecule has 0 bridgehead atoms. The lowest BCUT2D eigenvalue weighted by molar-refractivity contribution is 0.171. The zero-order valence-corrected chi connectivity index (χ0v) is 14.8. The Kier molecular flexibility index (Phi) is 5.88. The molecule has 0 amide bonds. The van der Waals surface area contributed by atoms with Crippen LogP contribution in [0, 0.1) is 0 Å². The molecule has 5 nitrogen and oxygen atoms in total. The largest absolute Gasteiger partial charge is 0.490 e. The van der Waals surface area contributed by atoms with E-state index in [2.05, 4.69) is 18.3 Å². The second kappa shape index (κ2) is 8.51. The van der Waals surface area contributed by atoms with Gasteiger partial charge in [0.15, 0.2) is 23.0 Å². The van der Waals surface area contributed by atoms with Gasteiger partial charge in [0.2, 0.25) is 0 Å². The lowest BCUT2D eigenvalue weighted by Gasteiger charge is -2.19. The lowest BCUT2D eigenvalue weighted by Crippen LogP contribution is -2.15. The van der Waals surface area contributed by atoms with Crippen LogP contribution in [-0.2, 0) is 6.54 Å². The van der Waals surface area contributed by atoms with Gasteiger partial charge in [0.1, 0.15) is 13.2 Å². The fourth-order valence-corrected chi connectivity index (χ4v) is 2.62. The third kappa shape index (κ3) is 4.50. The minimum Gasteiger partial charge on any atom is -0.490 e. The van der Waals surface area contributed by atoms with E-state index in [1.54, 1.807) is 0 Å². The number of benzene rings is 2. The van der Waals surface area contributed by atoms with E-state index in [4.69, 9.17) is 18.9 Å². The Morgan fingerprint density at radius 3 is 2.56 bits per heavy atom. The second-order valence-corrected chi connectivity index (χ2v) is 5.77. The second-order valence-electron chi connectivity index (χ2n) is 5.77. The Morgan fingerprint density at radius 2 is 1.76 bits per heavy atom. The molecule has 0 unspecified atom stereocenters. The molecule has 0 saturated heterocycles. The molecule has 1 heterocycles. The molecule has 0 radical (unpaired) electrons. The lowest BCUT2D eigenvalue weighted by atomic mass is 10.2. The van der Waals surface area contributed by atoms with Gasteiger partial charge in [-0.1, -0.05) is 13.0 Å². The molecular formula is C20H25NO4. The first kappa shape index (κ1) is 17.3. The molecule has 5 heteroatoms. The monoisotopic (exact) mass is 343 g/mol. The number of ether oxygens (including phenoxy) is 4. The van der Waals surface area contributed by atoms with Crippen LogP contribution in [0.4, 0.5) is 5.69 Å². The molecule has 3 rings (SSSR count). The summed E-state index contributed by atoms with van der Waals surface area (Å²) >= 11 is 0. The average molecular weight is 343 g/mol. The van der Waals surface area contributed by atoms with E-state index in [0.29, 0.717) is 33.0 Å². The topological polar surface area (TPSA) is 49.0 Å². The van der Waals surface area contributed by atoms with Crippen molar-refractivity contribution in [2.75, 3.05) is 31.7 Å². The number of nitrogens with one attached hydrogen (secondary N) is 1.